The van der Waals surface area contributed by atoms with Crippen LogP contribution in [0.5, 0.6) is 0 Å². The standard InChI is InChI=1S/C17H12ClF3N4O3.ClH/c18-11-4-1-9(2-5-11)15(27)23-13(8-26)16-24-14(25-28-16)12-6-3-10(7-22-12)17(19,20)21;/h1-7,13,26H,8H2,(H,23,27);1H/t13-;/m0./s1. The number of alkyl halides is 3. The Labute approximate surface area is 173 Å². The molecule has 1 amide bonds. The average molecular weight is 449 g/mol. The summed E-state index contributed by atoms with van der Waals surface area (Å²) in [6.45, 7) is -0.540. The lowest BCUT2D eigenvalue weighted by Crippen LogP contribution is -2.31. The summed E-state index contributed by atoms with van der Waals surface area (Å²) in [5.74, 6) is -0.715. The van der Waals surface area contributed by atoms with Gasteiger partial charge in [0, 0.05) is 16.8 Å². The van der Waals surface area contributed by atoms with Gasteiger partial charge in [-0.25, -0.2) is 0 Å². The van der Waals surface area contributed by atoms with Gasteiger partial charge in [-0.05, 0) is 36.4 Å². The van der Waals surface area contributed by atoms with Gasteiger partial charge in [-0.15, -0.1) is 12.4 Å². The van der Waals surface area contributed by atoms with Crippen LogP contribution in [0, 0.1) is 0 Å². The summed E-state index contributed by atoms with van der Waals surface area (Å²) in [7, 11) is 0. The Morgan fingerprint density at radius 2 is 1.90 bits per heavy atom. The maximum atomic E-state index is 12.6. The van der Waals surface area contributed by atoms with Crippen LogP contribution < -0.4 is 5.32 Å². The van der Waals surface area contributed by atoms with Crippen molar-refractivity contribution in [3.05, 3.63) is 64.6 Å². The van der Waals surface area contributed by atoms with E-state index in [1.807, 2.05) is 0 Å². The zero-order valence-electron chi connectivity index (χ0n) is 14.4. The first-order valence-electron chi connectivity index (χ1n) is 7.82. The molecule has 0 radical (unpaired) electrons. The quantitative estimate of drug-likeness (QED) is 0.617. The van der Waals surface area contributed by atoms with Crippen LogP contribution in [0.15, 0.2) is 47.1 Å². The maximum absolute atomic E-state index is 12.6. The number of pyridine rings is 1. The van der Waals surface area contributed by atoms with Crippen molar-refractivity contribution in [1.82, 2.24) is 20.4 Å². The number of aromatic nitrogens is 3. The lowest BCUT2D eigenvalue weighted by Gasteiger charge is -2.12. The first-order chi connectivity index (χ1) is 13.3. The van der Waals surface area contributed by atoms with E-state index in [-0.39, 0.29) is 29.8 Å². The number of halogens is 5. The van der Waals surface area contributed by atoms with Crippen LogP contribution in [0.4, 0.5) is 13.2 Å². The van der Waals surface area contributed by atoms with Crippen molar-refractivity contribution in [2.45, 2.75) is 12.2 Å². The predicted molar refractivity (Wildman–Crippen MR) is 98.5 cm³/mol. The van der Waals surface area contributed by atoms with Crippen LogP contribution in [-0.2, 0) is 6.18 Å². The fourth-order valence-electron chi connectivity index (χ4n) is 2.20. The first kappa shape index (κ1) is 22.6. The number of hydrogen-bond acceptors (Lipinski definition) is 6. The lowest BCUT2D eigenvalue weighted by molar-refractivity contribution is -0.137. The second-order valence-electron chi connectivity index (χ2n) is 5.60. The number of aliphatic hydroxyl groups is 1. The molecule has 2 aromatic heterocycles. The zero-order valence-corrected chi connectivity index (χ0v) is 15.9. The smallest absolute Gasteiger partial charge is 0.394 e. The van der Waals surface area contributed by atoms with Crippen LogP contribution in [0.3, 0.4) is 0 Å². The summed E-state index contributed by atoms with van der Waals surface area (Å²) in [4.78, 5) is 19.9. The Bertz CT molecular complexity index is 963. The summed E-state index contributed by atoms with van der Waals surface area (Å²) in [5.41, 5.74) is -0.570. The van der Waals surface area contributed by atoms with Crippen molar-refractivity contribution in [3.63, 3.8) is 0 Å². The molecule has 3 aromatic rings. The Kier molecular flexibility index (Phi) is 7.17. The number of benzene rings is 1. The van der Waals surface area contributed by atoms with E-state index in [2.05, 4.69) is 20.4 Å². The Balaban J connectivity index is 0.00000300. The van der Waals surface area contributed by atoms with Gasteiger partial charge in [-0.3, -0.25) is 9.78 Å². The minimum Gasteiger partial charge on any atom is -0.394 e. The third-order valence-corrected chi connectivity index (χ3v) is 3.91. The summed E-state index contributed by atoms with van der Waals surface area (Å²) in [5, 5.41) is 16.1. The number of nitrogens with one attached hydrogen (secondary N) is 1. The summed E-state index contributed by atoms with van der Waals surface area (Å²) in [6, 6.07) is 6.98. The van der Waals surface area contributed by atoms with Gasteiger partial charge in [0.15, 0.2) is 0 Å². The molecule has 0 saturated heterocycles. The van der Waals surface area contributed by atoms with Gasteiger partial charge in [0.2, 0.25) is 5.82 Å². The molecule has 29 heavy (non-hydrogen) atoms. The highest BCUT2D eigenvalue weighted by molar-refractivity contribution is 6.30. The maximum Gasteiger partial charge on any atom is 0.417 e. The zero-order chi connectivity index (χ0) is 20.3. The molecule has 1 aromatic carbocycles. The average Bonchev–Trinajstić information content (AvgIpc) is 3.16. The number of aliphatic hydroxyl groups excluding tert-OH is 1. The molecule has 0 fully saturated rings. The fraction of sp³-hybridized carbons (Fsp3) is 0.176. The Morgan fingerprint density at radius 3 is 2.45 bits per heavy atom. The van der Waals surface area contributed by atoms with Crippen molar-refractivity contribution in [1.29, 1.82) is 0 Å². The van der Waals surface area contributed by atoms with E-state index < -0.39 is 30.3 Å². The van der Waals surface area contributed by atoms with Gasteiger partial charge < -0.3 is 14.9 Å². The first-order valence-corrected chi connectivity index (χ1v) is 8.20. The van der Waals surface area contributed by atoms with Gasteiger partial charge in [0.05, 0.1) is 12.2 Å². The van der Waals surface area contributed by atoms with E-state index >= 15 is 0 Å². The summed E-state index contributed by atoms with van der Waals surface area (Å²) >= 11 is 5.77. The largest absolute Gasteiger partial charge is 0.417 e. The molecule has 0 aliphatic heterocycles. The summed E-state index contributed by atoms with van der Waals surface area (Å²) < 4.78 is 42.8. The normalized spacial score (nSPS) is 12.2. The molecule has 0 unspecified atom stereocenters. The third kappa shape index (κ3) is 5.43. The topological polar surface area (TPSA) is 101 Å². The molecular formula is C17H13Cl2F3N4O3. The van der Waals surface area contributed by atoms with E-state index in [4.69, 9.17) is 16.1 Å². The fourth-order valence-corrected chi connectivity index (χ4v) is 2.33. The van der Waals surface area contributed by atoms with E-state index in [9.17, 15) is 23.1 Å². The number of amides is 1. The van der Waals surface area contributed by atoms with Gasteiger partial charge in [0.1, 0.15) is 11.7 Å². The molecule has 7 nitrogen and oxygen atoms in total. The van der Waals surface area contributed by atoms with Crippen molar-refractivity contribution >= 4 is 29.9 Å². The second-order valence-corrected chi connectivity index (χ2v) is 6.04. The van der Waals surface area contributed by atoms with E-state index in [0.29, 0.717) is 16.8 Å². The molecule has 12 heteroatoms. The molecule has 0 bridgehead atoms. The van der Waals surface area contributed by atoms with Crippen molar-refractivity contribution < 1.29 is 27.6 Å². The highest BCUT2D eigenvalue weighted by Gasteiger charge is 2.31. The highest BCUT2D eigenvalue weighted by Crippen LogP contribution is 2.29. The molecule has 0 aliphatic rings. The SMILES string of the molecule is Cl.O=C(N[C@@H](CO)c1nc(-c2ccc(C(F)(F)F)cn2)no1)c1ccc(Cl)cc1. The Hall–Kier alpha value is -2.69. The van der Waals surface area contributed by atoms with Crippen molar-refractivity contribution in [2.75, 3.05) is 6.61 Å². The van der Waals surface area contributed by atoms with E-state index in [0.717, 1.165) is 12.1 Å². The molecule has 154 valence electrons. The van der Waals surface area contributed by atoms with Crippen LogP contribution in [0.25, 0.3) is 11.5 Å². The molecule has 2 N–H and O–H groups in total. The van der Waals surface area contributed by atoms with Crippen LogP contribution in [0.2, 0.25) is 5.02 Å². The second kappa shape index (κ2) is 9.21. The minimum absolute atomic E-state index is 0. The predicted octanol–water partition coefficient (Wildman–Crippen LogP) is 3.69. The molecule has 0 aliphatic carbocycles. The number of carbonyl (C=O) groups excluding carboxylic acids is 1. The minimum atomic E-state index is -4.51. The van der Waals surface area contributed by atoms with Gasteiger partial charge >= 0.3 is 6.18 Å². The monoisotopic (exact) mass is 448 g/mol. The van der Waals surface area contributed by atoms with Crippen molar-refractivity contribution in [3.8, 4) is 11.5 Å². The van der Waals surface area contributed by atoms with E-state index in [1.165, 1.54) is 24.3 Å². The van der Waals surface area contributed by atoms with Crippen LogP contribution in [0.1, 0.15) is 27.9 Å². The third-order valence-electron chi connectivity index (χ3n) is 3.65. The Morgan fingerprint density at radius 1 is 1.21 bits per heavy atom. The number of nitrogens with zero attached hydrogens (tertiary/aromatic N) is 3. The van der Waals surface area contributed by atoms with Gasteiger partial charge in [0.25, 0.3) is 11.8 Å². The summed E-state index contributed by atoms with van der Waals surface area (Å²) in [6.07, 6.45) is -3.86. The van der Waals surface area contributed by atoms with Crippen LogP contribution in [-0.4, -0.2) is 32.7 Å². The molecule has 3 rings (SSSR count). The van der Waals surface area contributed by atoms with Gasteiger partial charge in [-0.2, -0.15) is 18.2 Å². The molecular weight excluding hydrogens is 436 g/mol. The van der Waals surface area contributed by atoms with Crippen molar-refractivity contribution in [2.24, 2.45) is 0 Å². The van der Waals surface area contributed by atoms with Crippen LogP contribution >= 0.6 is 24.0 Å². The lowest BCUT2D eigenvalue weighted by atomic mass is 10.2. The molecule has 1 atom stereocenters. The number of carbonyl (C=O) groups is 1. The molecule has 2 heterocycles. The van der Waals surface area contributed by atoms with Gasteiger partial charge in [-0.1, -0.05) is 16.8 Å². The molecule has 0 spiro atoms. The van der Waals surface area contributed by atoms with E-state index in [1.54, 1.807) is 0 Å². The highest BCUT2D eigenvalue weighted by atomic mass is 35.5. The molecule has 0 saturated carbocycles. The number of hydrogen-bond donors (Lipinski definition) is 2. The number of rotatable bonds is 5.